The molecular formula is C20H25ClN2O2S. The van der Waals surface area contributed by atoms with Gasteiger partial charge in [-0.3, -0.25) is 9.69 Å². The van der Waals surface area contributed by atoms with Gasteiger partial charge in [0.25, 0.3) is 5.91 Å². The second-order valence-electron chi connectivity index (χ2n) is 7.00. The van der Waals surface area contributed by atoms with Gasteiger partial charge in [0, 0.05) is 36.1 Å². The average molecular weight is 393 g/mol. The van der Waals surface area contributed by atoms with Gasteiger partial charge >= 0.3 is 0 Å². The minimum atomic E-state index is -0.0709. The van der Waals surface area contributed by atoms with Gasteiger partial charge in [0.15, 0.2) is 0 Å². The van der Waals surface area contributed by atoms with Crippen LogP contribution in [0.25, 0.3) is 0 Å². The van der Waals surface area contributed by atoms with Crippen LogP contribution in [0.15, 0.2) is 35.7 Å². The Hall–Kier alpha value is -1.56. The lowest BCUT2D eigenvalue weighted by molar-refractivity contribution is 0.0488. The van der Waals surface area contributed by atoms with Crippen molar-refractivity contribution in [1.29, 1.82) is 0 Å². The fourth-order valence-electron chi connectivity index (χ4n) is 3.82. The van der Waals surface area contributed by atoms with Crippen molar-refractivity contribution in [3.05, 3.63) is 51.2 Å². The van der Waals surface area contributed by atoms with E-state index in [1.54, 1.807) is 23.5 Å². The minimum Gasteiger partial charge on any atom is -0.506 e. The van der Waals surface area contributed by atoms with Crippen molar-refractivity contribution < 1.29 is 9.90 Å². The number of carbonyl (C=O) groups is 1. The largest absolute Gasteiger partial charge is 0.506 e. The van der Waals surface area contributed by atoms with Gasteiger partial charge in [0.1, 0.15) is 5.75 Å². The average Bonchev–Trinajstić information content (AvgIpc) is 3.15. The van der Waals surface area contributed by atoms with Gasteiger partial charge in [-0.05, 0) is 49.5 Å². The number of aromatic hydroxyl groups is 1. The predicted molar refractivity (Wildman–Crippen MR) is 107 cm³/mol. The Labute approximate surface area is 164 Å². The fourth-order valence-corrected chi connectivity index (χ4v) is 4.71. The molecule has 1 heterocycles. The highest BCUT2D eigenvalue weighted by Crippen LogP contribution is 2.30. The summed E-state index contributed by atoms with van der Waals surface area (Å²) in [5, 5.41) is 12.2. The molecule has 26 heavy (non-hydrogen) atoms. The Bertz CT molecular complexity index is 750. The van der Waals surface area contributed by atoms with Gasteiger partial charge in [-0.2, -0.15) is 0 Å². The number of phenols is 1. The Morgan fingerprint density at radius 2 is 1.96 bits per heavy atom. The number of benzene rings is 1. The summed E-state index contributed by atoms with van der Waals surface area (Å²) in [7, 11) is 4.02. The first kappa shape index (κ1) is 19.2. The summed E-state index contributed by atoms with van der Waals surface area (Å²) in [6.45, 7) is 0.905. The predicted octanol–water partition coefficient (Wildman–Crippen LogP) is 4.62. The molecule has 1 aromatic heterocycles. The SMILES string of the molecule is CN(Cc1cccs1)C1CCCCC1N(C)C(=O)c1ccc(Cl)c(O)c1. The van der Waals surface area contributed by atoms with Crippen molar-refractivity contribution in [2.45, 2.75) is 44.3 Å². The zero-order valence-electron chi connectivity index (χ0n) is 15.2. The topological polar surface area (TPSA) is 43.8 Å². The smallest absolute Gasteiger partial charge is 0.254 e. The second kappa shape index (κ2) is 8.42. The second-order valence-corrected chi connectivity index (χ2v) is 8.44. The lowest BCUT2D eigenvalue weighted by atomic mass is 9.88. The number of phenolic OH excluding ortho intramolecular Hbond substituents is 1. The van der Waals surface area contributed by atoms with Crippen molar-refractivity contribution in [3.63, 3.8) is 0 Å². The summed E-state index contributed by atoms with van der Waals surface area (Å²) in [6.07, 6.45) is 4.43. The van der Waals surface area contributed by atoms with Crippen LogP contribution in [-0.2, 0) is 6.54 Å². The summed E-state index contributed by atoms with van der Waals surface area (Å²) in [4.78, 5) is 18.5. The molecule has 140 valence electrons. The fraction of sp³-hybridized carbons (Fsp3) is 0.450. The zero-order chi connectivity index (χ0) is 18.7. The van der Waals surface area contributed by atoms with Crippen molar-refractivity contribution in [1.82, 2.24) is 9.80 Å². The molecule has 0 spiro atoms. The van der Waals surface area contributed by atoms with E-state index < -0.39 is 0 Å². The molecule has 0 radical (unpaired) electrons. The number of amides is 1. The lowest BCUT2D eigenvalue weighted by Crippen LogP contribution is -2.52. The first-order chi connectivity index (χ1) is 12.5. The number of carbonyl (C=O) groups excluding carboxylic acids is 1. The molecule has 3 rings (SSSR count). The van der Waals surface area contributed by atoms with E-state index in [1.165, 1.54) is 17.4 Å². The monoisotopic (exact) mass is 392 g/mol. The van der Waals surface area contributed by atoms with E-state index in [1.807, 2.05) is 11.9 Å². The van der Waals surface area contributed by atoms with Gasteiger partial charge in [0.05, 0.1) is 5.02 Å². The summed E-state index contributed by atoms with van der Waals surface area (Å²) >= 11 is 7.63. The molecule has 6 heteroatoms. The van der Waals surface area contributed by atoms with Crippen molar-refractivity contribution >= 4 is 28.8 Å². The molecule has 2 atom stereocenters. The van der Waals surface area contributed by atoms with Crippen LogP contribution >= 0.6 is 22.9 Å². The highest BCUT2D eigenvalue weighted by atomic mass is 35.5. The van der Waals surface area contributed by atoms with Crippen molar-refractivity contribution in [2.75, 3.05) is 14.1 Å². The first-order valence-electron chi connectivity index (χ1n) is 8.95. The van der Waals surface area contributed by atoms with Crippen LogP contribution in [-0.4, -0.2) is 47.0 Å². The number of nitrogens with zero attached hydrogens (tertiary/aromatic N) is 2. The van der Waals surface area contributed by atoms with Crippen LogP contribution < -0.4 is 0 Å². The molecule has 4 nitrogen and oxygen atoms in total. The number of hydrogen-bond acceptors (Lipinski definition) is 4. The molecule has 1 saturated carbocycles. The lowest BCUT2D eigenvalue weighted by Gasteiger charge is -2.42. The van der Waals surface area contributed by atoms with Crippen LogP contribution in [0.2, 0.25) is 5.02 Å². The maximum Gasteiger partial charge on any atom is 0.254 e. The van der Waals surface area contributed by atoms with Crippen LogP contribution in [0.4, 0.5) is 0 Å². The molecule has 0 aliphatic heterocycles. The molecule has 2 unspecified atom stereocenters. The van der Waals surface area contributed by atoms with E-state index in [0.29, 0.717) is 11.6 Å². The summed E-state index contributed by atoms with van der Waals surface area (Å²) in [5.74, 6) is -0.126. The molecular weight excluding hydrogens is 368 g/mol. The number of thiophene rings is 1. The molecule has 1 aliphatic rings. The van der Waals surface area contributed by atoms with Crippen molar-refractivity contribution in [2.24, 2.45) is 0 Å². The molecule has 1 aliphatic carbocycles. The molecule has 1 fully saturated rings. The summed E-state index contributed by atoms with van der Waals surface area (Å²) in [6, 6.07) is 9.43. The van der Waals surface area contributed by atoms with E-state index in [-0.39, 0.29) is 22.7 Å². The van der Waals surface area contributed by atoms with E-state index in [9.17, 15) is 9.90 Å². The molecule has 0 saturated heterocycles. The number of halogens is 1. The molecule has 1 N–H and O–H groups in total. The third-order valence-electron chi connectivity index (χ3n) is 5.26. The van der Waals surface area contributed by atoms with Crippen LogP contribution in [0.3, 0.4) is 0 Å². The van der Waals surface area contributed by atoms with E-state index in [0.717, 1.165) is 25.8 Å². The third-order valence-corrected chi connectivity index (χ3v) is 6.44. The van der Waals surface area contributed by atoms with E-state index >= 15 is 0 Å². The van der Waals surface area contributed by atoms with Crippen LogP contribution in [0, 0.1) is 0 Å². The van der Waals surface area contributed by atoms with Crippen LogP contribution in [0.1, 0.15) is 40.9 Å². The van der Waals surface area contributed by atoms with Crippen molar-refractivity contribution in [3.8, 4) is 5.75 Å². The Morgan fingerprint density at radius 3 is 2.62 bits per heavy atom. The normalized spacial score (nSPS) is 20.3. The number of hydrogen-bond donors (Lipinski definition) is 1. The Kier molecular flexibility index (Phi) is 6.22. The molecule has 1 amide bonds. The summed E-state index contributed by atoms with van der Waals surface area (Å²) in [5.41, 5.74) is 0.472. The van der Waals surface area contributed by atoms with E-state index in [2.05, 4.69) is 29.5 Å². The van der Waals surface area contributed by atoms with Gasteiger partial charge in [-0.15, -0.1) is 11.3 Å². The minimum absolute atomic E-state index is 0.0547. The first-order valence-corrected chi connectivity index (χ1v) is 10.2. The maximum atomic E-state index is 12.9. The number of rotatable bonds is 5. The third kappa shape index (κ3) is 4.22. The van der Waals surface area contributed by atoms with Gasteiger partial charge in [-0.25, -0.2) is 0 Å². The standard InChI is InChI=1S/C20H25ClN2O2S/c1-22(13-15-6-5-11-26-15)17-7-3-4-8-18(17)23(2)20(25)14-9-10-16(21)19(24)12-14/h5-6,9-12,17-18,24H,3-4,7-8,13H2,1-2H3. The molecule has 0 bridgehead atoms. The highest BCUT2D eigenvalue weighted by molar-refractivity contribution is 7.09. The molecule has 2 aromatic rings. The Balaban J connectivity index is 1.75. The Morgan fingerprint density at radius 1 is 1.23 bits per heavy atom. The molecule has 1 aromatic carbocycles. The van der Waals surface area contributed by atoms with Crippen LogP contribution in [0.5, 0.6) is 5.75 Å². The van der Waals surface area contributed by atoms with Gasteiger partial charge < -0.3 is 10.0 Å². The number of likely N-dealkylation sites (N-methyl/N-ethyl adjacent to an activating group) is 2. The highest BCUT2D eigenvalue weighted by Gasteiger charge is 2.33. The van der Waals surface area contributed by atoms with E-state index in [4.69, 9.17) is 11.6 Å². The van der Waals surface area contributed by atoms with Gasteiger partial charge in [-0.1, -0.05) is 30.5 Å². The quantitative estimate of drug-likeness (QED) is 0.807. The zero-order valence-corrected chi connectivity index (χ0v) is 16.8. The summed E-state index contributed by atoms with van der Waals surface area (Å²) < 4.78 is 0. The maximum absolute atomic E-state index is 12.9. The van der Waals surface area contributed by atoms with Gasteiger partial charge in [0.2, 0.25) is 0 Å².